The summed E-state index contributed by atoms with van der Waals surface area (Å²) in [6, 6.07) is 18.3. The van der Waals surface area contributed by atoms with Gasteiger partial charge in [-0.3, -0.25) is 0 Å². The quantitative estimate of drug-likeness (QED) is 0.185. The highest BCUT2D eigenvalue weighted by atomic mass is 32.2. The van der Waals surface area contributed by atoms with Crippen LogP contribution in [0.1, 0.15) is 84.9 Å². The number of carboxylic acids is 1. The van der Waals surface area contributed by atoms with Crippen molar-refractivity contribution in [2.24, 2.45) is 23.7 Å². The van der Waals surface area contributed by atoms with E-state index in [2.05, 4.69) is 22.5 Å². The number of amides is 2. The minimum atomic E-state index is -1.02. The number of hydrogen-bond donors (Lipinski definition) is 4. The Morgan fingerprint density at radius 3 is 2.35 bits per heavy atom. The number of hydrogen-bond acceptors (Lipinski definition) is 7. The predicted octanol–water partition coefficient (Wildman–Crippen LogP) is 6.95. The number of thioether (sulfide) groups is 1. The average Bonchev–Trinajstić information content (AvgIpc) is 3.03. The summed E-state index contributed by atoms with van der Waals surface area (Å²) >= 11 is 1.35. The molecule has 4 bridgehead atoms. The third-order valence-electron chi connectivity index (χ3n) is 10.3. The van der Waals surface area contributed by atoms with Crippen molar-refractivity contribution in [2.75, 3.05) is 11.1 Å². The van der Waals surface area contributed by atoms with Crippen molar-refractivity contribution in [2.45, 2.75) is 81.1 Å². The molecule has 8 rings (SSSR count). The van der Waals surface area contributed by atoms with Gasteiger partial charge in [0.2, 0.25) is 0 Å². The van der Waals surface area contributed by atoms with E-state index < -0.39 is 12.3 Å². The molecule has 1 aliphatic heterocycles. The maximum atomic E-state index is 13.3. The minimum Gasteiger partial charge on any atom is -0.478 e. The lowest BCUT2D eigenvalue weighted by Gasteiger charge is -2.56. The Balaban J connectivity index is 1.09. The van der Waals surface area contributed by atoms with Crippen LogP contribution in [0.25, 0.3) is 0 Å². The van der Waals surface area contributed by atoms with Crippen LogP contribution >= 0.6 is 11.8 Å². The fourth-order valence-corrected chi connectivity index (χ4v) is 9.72. The molecule has 5 fully saturated rings. The van der Waals surface area contributed by atoms with Crippen LogP contribution in [-0.4, -0.2) is 44.6 Å². The third-order valence-corrected chi connectivity index (χ3v) is 11.4. The number of nitrogens with one attached hydrogen (secondary N) is 2. The number of pyridine rings is 1. The van der Waals surface area contributed by atoms with Gasteiger partial charge in [-0.05, 0) is 91.7 Å². The van der Waals surface area contributed by atoms with Gasteiger partial charge in [0.25, 0.3) is 0 Å². The molecule has 1 saturated heterocycles. The molecule has 4 atom stereocenters. The SMILES string of the molecule is C[C@@H]1[C@H](CSc2ncccc2C(=O)O)O[C@H](c2cccc(NC(=O)NC34CC5CC(CC(C5)C3)C4)c2)O[C@@H]1c1ccc(CO)cc1. The summed E-state index contributed by atoms with van der Waals surface area (Å²) in [5, 5.41) is 26.1. The van der Waals surface area contributed by atoms with Crippen molar-refractivity contribution >= 4 is 29.4 Å². The first-order valence-electron chi connectivity index (χ1n) is 16.3. The largest absolute Gasteiger partial charge is 0.478 e. The first-order valence-corrected chi connectivity index (χ1v) is 17.3. The Morgan fingerprint density at radius 2 is 1.67 bits per heavy atom. The van der Waals surface area contributed by atoms with E-state index in [1.54, 1.807) is 18.3 Å². The number of benzene rings is 2. The molecular formula is C36H41N3O6S. The summed E-state index contributed by atoms with van der Waals surface area (Å²) in [6.07, 6.45) is 7.46. The lowest BCUT2D eigenvalue weighted by molar-refractivity contribution is -0.268. The van der Waals surface area contributed by atoms with E-state index in [0.29, 0.717) is 16.5 Å². The summed E-state index contributed by atoms with van der Waals surface area (Å²) in [4.78, 5) is 29.4. The first kappa shape index (κ1) is 31.2. The molecule has 10 heteroatoms. The summed E-state index contributed by atoms with van der Waals surface area (Å²) in [5.74, 6) is 1.59. The second kappa shape index (κ2) is 13.0. The maximum Gasteiger partial charge on any atom is 0.338 e. The van der Waals surface area contributed by atoms with Gasteiger partial charge < -0.3 is 30.3 Å². The number of ether oxygens (including phenoxy) is 2. The summed E-state index contributed by atoms with van der Waals surface area (Å²) in [6.45, 7) is 2.02. The van der Waals surface area contributed by atoms with Crippen LogP contribution in [0.5, 0.6) is 0 Å². The topological polar surface area (TPSA) is 130 Å². The van der Waals surface area contributed by atoms with Gasteiger partial charge in [-0.15, -0.1) is 11.8 Å². The number of rotatable bonds is 9. The van der Waals surface area contributed by atoms with Gasteiger partial charge in [0.1, 0.15) is 5.03 Å². The zero-order chi connectivity index (χ0) is 31.8. The number of aliphatic hydroxyl groups is 1. The van der Waals surface area contributed by atoms with Crippen LogP contribution in [0, 0.1) is 23.7 Å². The van der Waals surface area contributed by atoms with Crippen molar-refractivity contribution in [3.05, 3.63) is 89.1 Å². The zero-order valence-electron chi connectivity index (χ0n) is 25.9. The Hall–Kier alpha value is -3.44. The Bertz CT molecular complexity index is 1550. The Morgan fingerprint density at radius 1 is 0.957 bits per heavy atom. The number of aromatic carboxylic acids is 1. The number of anilines is 1. The fraction of sp³-hybridized carbons (Fsp3) is 0.472. The lowest BCUT2D eigenvalue weighted by atomic mass is 9.53. The number of urea groups is 1. The molecule has 3 aromatic rings. The van der Waals surface area contributed by atoms with Crippen molar-refractivity contribution < 1.29 is 29.3 Å². The molecule has 5 aliphatic rings. The number of aliphatic hydroxyl groups excluding tert-OH is 1. The lowest BCUT2D eigenvalue weighted by Crippen LogP contribution is -2.60. The van der Waals surface area contributed by atoms with Gasteiger partial charge in [-0.2, -0.15) is 0 Å². The van der Waals surface area contributed by atoms with Gasteiger partial charge in [0, 0.05) is 34.7 Å². The standard InChI is InChI=1S/C36H41N3O6S/c1-21-30(20-46-32-29(33(41)42)6-3-11-37-32)44-34(45-31(21)26-9-7-22(19-40)8-10-26)27-4-2-5-28(15-27)38-35(43)39-36-16-23-12-24(17-36)14-25(13-23)18-36/h2-11,15,21,23-25,30-31,34,40H,12-14,16-20H2,1H3,(H,41,42)(H2,38,39,43)/t21-,23?,24?,25?,30+,31+,34+,36?/m1/s1. The molecule has 2 heterocycles. The van der Waals surface area contributed by atoms with E-state index in [9.17, 15) is 19.8 Å². The Labute approximate surface area is 273 Å². The molecule has 4 saturated carbocycles. The summed E-state index contributed by atoms with van der Waals surface area (Å²) in [7, 11) is 0. The molecule has 1 aromatic heterocycles. The molecule has 9 nitrogen and oxygen atoms in total. The molecule has 4 N–H and O–H groups in total. The second-order valence-corrected chi connectivity index (χ2v) is 14.7. The highest BCUT2D eigenvalue weighted by Gasteiger charge is 2.51. The van der Waals surface area contributed by atoms with Crippen LogP contribution in [0.15, 0.2) is 71.9 Å². The maximum absolute atomic E-state index is 13.3. The number of carboxylic acid groups (broad SMARTS) is 1. The molecule has 0 radical (unpaired) electrons. The van der Waals surface area contributed by atoms with Crippen molar-refractivity contribution in [1.82, 2.24) is 10.3 Å². The van der Waals surface area contributed by atoms with E-state index >= 15 is 0 Å². The Kier molecular flexibility index (Phi) is 8.80. The molecular weight excluding hydrogens is 602 g/mol. The van der Waals surface area contributed by atoms with Gasteiger partial charge in [0.05, 0.1) is 24.4 Å². The van der Waals surface area contributed by atoms with Crippen LogP contribution in [-0.2, 0) is 16.1 Å². The molecule has 0 unspecified atom stereocenters. The molecule has 46 heavy (non-hydrogen) atoms. The van der Waals surface area contributed by atoms with Gasteiger partial charge in [-0.1, -0.05) is 43.3 Å². The smallest absolute Gasteiger partial charge is 0.338 e. The highest BCUT2D eigenvalue weighted by molar-refractivity contribution is 7.99. The fourth-order valence-electron chi connectivity index (χ4n) is 8.57. The number of nitrogens with zero attached hydrogens (tertiary/aromatic N) is 1. The first-order chi connectivity index (χ1) is 22.3. The van der Waals surface area contributed by atoms with E-state index in [0.717, 1.165) is 53.7 Å². The second-order valence-electron chi connectivity index (χ2n) is 13.7. The minimum absolute atomic E-state index is 0.0431. The highest BCUT2D eigenvalue weighted by Crippen LogP contribution is 2.55. The summed E-state index contributed by atoms with van der Waals surface area (Å²) in [5.41, 5.74) is 3.29. The van der Waals surface area contributed by atoms with Gasteiger partial charge in [0.15, 0.2) is 6.29 Å². The van der Waals surface area contributed by atoms with E-state index in [1.165, 1.54) is 31.0 Å². The molecule has 2 aromatic carbocycles. The van der Waals surface area contributed by atoms with Gasteiger partial charge in [-0.25, -0.2) is 14.6 Å². The van der Waals surface area contributed by atoms with E-state index in [4.69, 9.17) is 9.47 Å². The zero-order valence-corrected chi connectivity index (χ0v) is 26.7. The van der Waals surface area contributed by atoms with E-state index in [-0.39, 0.29) is 41.9 Å². The van der Waals surface area contributed by atoms with Crippen LogP contribution in [0.2, 0.25) is 0 Å². The predicted molar refractivity (Wildman–Crippen MR) is 174 cm³/mol. The monoisotopic (exact) mass is 643 g/mol. The van der Waals surface area contributed by atoms with Crippen molar-refractivity contribution in [3.8, 4) is 0 Å². The van der Waals surface area contributed by atoms with Crippen LogP contribution < -0.4 is 10.6 Å². The molecule has 4 aliphatic carbocycles. The number of carbonyl (C=O) groups excluding carboxylic acids is 1. The van der Waals surface area contributed by atoms with Crippen molar-refractivity contribution in [1.29, 1.82) is 0 Å². The third kappa shape index (κ3) is 6.53. The van der Waals surface area contributed by atoms with Crippen molar-refractivity contribution in [3.63, 3.8) is 0 Å². The summed E-state index contributed by atoms with van der Waals surface area (Å²) < 4.78 is 13.2. The molecule has 2 amide bonds. The van der Waals surface area contributed by atoms with Gasteiger partial charge >= 0.3 is 12.0 Å². The number of carbonyl (C=O) groups is 2. The van der Waals surface area contributed by atoms with Crippen LogP contribution in [0.4, 0.5) is 10.5 Å². The molecule has 0 spiro atoms. The molecule has 242 valence electrons. The normalized spacial score (nSPS) is 31.4. The average molecular weight is 644 g/mol. The van der Waals surface area contributed by atoms with E-state index in [1.807, 2.05) is 48.5 Å². The van der Waals surface area contributed by atoms with Crippen LogP contribution in [0.3, 0.4) is 0 Å². The number of aromatic nitrogens is 1.